The minimum absolute atomic E-state index is 0. The number of hydrogen-bond acceptors (Lipinski definition) is 4. The van der Waals surface area contributed by atoms with Crippen molar-refractivity contribution in [3.05, 3.63) is 97.6 Å². The van der Waals surface area contributed by atoms with Crippen molar-refractivity contribution in [2.24, 2.45) is 0 Å². The van der Waals surface area contributed by atoms with Crippen LogP contribution in [0.4, 0.5) is 17.3 Å². The summed E-state index contributed by atoms with van der Waals surface area (Å²) in [6.45, 7) is 0. The molecule has 0 aliphatic rings. The third-order valence-corrected chi connectivity index (χ3v) is 3.18. The molecule has 4 heterocycles. The van der Waals surface area contributed by atoms with E-state index in [1.54, 1.807) is 24.8 Å². The van der Waals surface area contributed by atoms with E-state index in [9.17, 15) is 17.3 Å². The maximum Gasteiger partial charge on any atom is 0.673 e. The zero-order valence-electron chi connectivity index (χ0n) is 16.4. The molecule has 6 nitrogen and oxygen atoms in total. The van der Waals surface area contributed by atoms with Crippen LogP contribution in [0, 0.1) is 0 Å². The van der Waals surface area contributed by atoms with Crippen LogP contribution in [0.2, 0.25) is 0 Å². The van der Waals surface area contributed by atoms with Gasteiger partial charge in [-0.3, -0.25) is 19.9 Å². The Balaban J connectivity index is 0. The van der Waals surface area contributed by atoms with Gasteiger partial charge in [0.05, 0.1) is 22.8 Å². The average Bonchev–Trinajstić information content (AvgIpc) is 2.76. The third kappa shape index (κ3) is 13.2. The van der Waals surface area contributed by atoms with Gasteiger partial charge >= 0.3 is 7.25 Å². The molecule has 0 aliphatic carbocycles. The van der Waals surface area contributed by atoms with Crippen LogP contribution in [0.1, 0.15) is 0 Å². The molecule has 0 saturated carbocycles. The van der Waals surface area contributed by atoms with Crippen molar-refractivity contribution in [2.75, 3.05) is 0 Å². The van der Waals surface area contributed by atoms with Crippen molar-refractivity contribution in [1.82, 2.24) is 19.9 Å². The van der Waals surface area contributed by atoms with Gasteiger partial charge in [-0.1, -0.05) is 24.3 Å². The van der Waals surface area contributed by atoms with E-state index in [4.69, 9.17) is 0 Å². The molecule has 0 saturated heterocycles. The summed E-state index contributed by atoms with van der Waals surface area (Å²) in [5, 5.41) is 0. The first kappa shape index (κ1) is 31.1. The van der Waals surface area contributed by atoms with Crippen LogP contribution in [0.5, 0.6) is 0 Å². The Kier molecular flexibility index (Phi) is 16.1. The van der Waals surface area contributed by atoms with Crippen LogP contribution < -0.4 is 0 Å². The summed E-state index contributed by atoms with van der Waals surface area (Å²) in [4.78, 5) is 16.7. The molecule has 0 fully saturated rings. The van der Waals surface area contributed by atoms with Crippen molar-refractivity contribution in [1.29, 1.82) is 0 Å². The minimum atomic E-state index is -6.00. The second-order valence-electron chi connectivity index (χ2n) is 5.35. The Bertz CT molecular complexity index is 803. The van der Waals surface area contributed by atoms with Gasteiger partial charge in [0.15, 0.2) is 0 Å². The maximum absolute atomic E-state index is 9.75. The van der Waals surface area contributed by atoms with E-state index in [0.29, 0.717) is 0 Å². The summed E-state index contributed by atoms with van der Waals surface area (Å²) in [5.74, 6) is 0. The first-order valence-corrected chi connectivity index (χ1v) is 8.45. The third-order valence-electron chi connectivity index (χ3n) is 3.18. The smallest absolute Gasteiger partial charge is 0.673 e. The van der Waals surface area contributed by atoms with E-state index in [1.807, 2.05) is 72.8 Å². The Labute approximate surface area is 194 Å². The van der Waals surface area contributed by atoms with E-state index in [-0.39, 0.29) is 29.5 Å². The summed E-state index contributed by atoms with van der Waals surface area (Å²) in [7, 11) is -6.00. The summed E-state index contributed by atoms with van der Waals surface area (Å²) in [6.07, 6.45) is 7.07. The van der Waals surface area contributed by atoms with Gasteiger partial charge in [0, 0.05) is 43.3 Å². The summed E-state index contributed by atoms with van der Waals surface area (Å²) >= 11 is 0. The molecule has 0 spiro atoms. The van der Waals surface area contributed by atoms with Crippen molar-refractivity contribution in [2.45, 2.75) is 0 Å². The molecule has 169 valence electrons. The number of aromatic nitrogens is 4. The van der Waals surface area contributed by atoms with Gasteiger partial charge in [-0.05, 0) is 48.5 Å². The molecule has 4 aromatic rings. The van der Waals surface area contributed by atoms with Crippen molar-refractivity contribution in [3.63, 3.8) is 0 Å². The van der Waals surface area contributed by atoms with E-state index < -0.39 is 7.25 Å². The Morgan fingerprint density at radius 1 is 0.438 bits per heavy atom. The van der Waals surface area contributed by atoms with Crippen molar-refractivity contribution in [3.8, 4) is 22.8 Å². The van der Waals surface area contributed by atoms with Crippen LogP contribution in [-0.4, -0.2) is 27.2 Å². The number of halogens is 4. The summed E-state index contributed by atoms with van der Waals surface area (Å²) in [5.41, 5.74) is 3.66. The van der Waals surface area contributed by atoms with Gasteiger partial charge in [-0.15, -0.1) is 0 Å². The molecule has 4 aromatic heterocycles. The molecule has 4 rings (SSSR count). The topological polar surface area (TPSA) is 109 Å². The van der Waals surface area contributed by atoms with Gasteiger partial charge in [-0.2, -0.15) is 0 Å². The first-order valence-electron chi connectivity index (χ1n) is 8.45. The van der Waals surface area contributed by atoms with Crippen LogP contribution in [0.25, 0.3) is 22.8 Å². The molecule has 32 heavy (non-hydrogen) atoms. The quantitative estimate of drug-likeness (QED) is 0.284. The average molecular weight is 482 g/mol. The fourth-order valence-corrected chi connectivity index (χ4v) is 2.06. The van der Waals surface area contributed by atoms with Crippen LogP contribution in [0.15, 0.2) is 97.6 Å². The molecule has 0 N–H and O–H groups in total. The fourth-order valence-electron chi connectivity index (χ4n) is 2.06. The standard InChI is InChI=1S/2C10H8N2.BF4.2O.V/c2*1-3-7-11-9(5-1)10-6-2-4-8-12-10;2-1(3,4)5;;;/h2*1-8H;;;;/q;;-1;2*-2;. The molecular weight excluding hydrogens is 466 g/mol. The Morgan fingerprint density at radius 3 is 0.750 bits per heavy atom. The van der Waals surface area contributed by atoms with Crippen LogP contribution >= 0.6 is 0 Å². The molecule has 0 aromatic carbocycles. The number of pyridine rings is 4. The molecule has 0 atom stereocenters. The Hall–Kier alpha value is -3.11. The van der Waals surface area contributed by atoms with Gasteiger partial charge in [0.25, 0.3) is 0 Å². The van der Waals surface area contributed by atoms with Crippen LogP contribution in [-0.2, 0) is 29.5 Å². The predicted molar refractivity (Wildman–Crippen MR) is 106 cm³/mol. The zero-order valence-corrected chi connectivity index (χ0v) is 17.8. The van der Waals surface area contributed by atoms with Gasteiger partial charge in [-0.25, -0.2) is 0 Å². The van der Waals surface area contributed by atoms with E-state index in [0.717, 1.165) is 22.8 Å². The maximum atomic E-state index is 9.75. The molecule has 0 bridgehead atoms. The second-order valence-corrected chi connectivity index (χ2v) is 5.35. The van der Waals surface area contributed by atoms with Crippen LogP contribution in [0.3, 0.4) is 0 Å². The monoisotopic (exact) mass is 482 g/mol. The molecular formula is C20H16BF4N4O2V-5. The minimum Gasteiger partial charge on any atom is -2.00 e. The van der Waals surface area contributed by atoms with E-state index >= 15 is 0 Å². The van der Waals surface area contributed by atoms with Gasteiger partial charge in [0.1, 0.15) is 0 Å². The number of nitrogens with zero attached hydrogens (tertiary/aromatic N) is 4. The number of hydrogen-bond donors (Lipinski definition) is 0. The predicted octanol–water partition coefficient (Wildman–Crippen LogP) is 5.35. The molecule has 0 unspecified atom stereocenters. The van der Waals surface area contributed by atoms with Crippen molar-refractivity contribution < 1.29 is 46.8 Å². The summed E-state index contributed by atoms with van der Waals surface area (Å²) < 4.78 is 39.0. The van der Waals surface area contributed by atoms with E-state index in [1.165, 1.54) is 0 Å². The Morgan fingerprint density at radius 2 is 0.625 bits per heavy atom. The largest absolute Gasteiger partial charge is 2.00 e. The zero-order chi connectivity index (χ0) is 21.0. The molecule has 12 heteroatoms. The molecule has 0 aliphatic heterocycles. The second kappa shape index (κ2) is 16.6. The normalized spacial score (nSPS) is 9.12. The number of rotatable bonds is 2. The SMILES string of the molecule is F[B-](F)(F)F.[O-2].[O-2].[V].c1ccc(-c2ccccn2)nc1.c1ccc(-c2ccccn2)nc1. The van der Waals surface area contributed by atoms with Gasteiger partial charge in [0.2, 0.25) is 0 Å². The fraction of sp³-hybridized carbons (Fsp3) is 0. The summed E-state index contributed by atoms with van der Waals surface area (Å²) in [6, 6.07) is 23.2. The van der Waals surface area contributed by atoms with Crippen molar-refractivity contribution >= 4 is 7.25 Å². The van der Waals surface area contributed by atoms with Gasteiger partial charge < -0.3 is 28.2 Å². The molecule has 0 amide bonds. The molecule has 1 radical (unpaired) electrons. The first-order chi connectivity index (χ1) is 13.9. The van der Waals surface area contributed by atoms with E-state index in [2.05, 4.69) is 19.9 Å².